The molecule has 1 amide bonds. The number of nitrogens with zero attached hydrogens (tertiary/aromatic N) is 2. The highest BCUT2D eigenvalue weighted by molar-refractivity contribution is 5.91. The van der Waals surface area contributed by atoms with Gasteiger partial charge >= 0.3 is 0 Å². The second-order valence-corrected chi connectivity index (χ2v) is 6.93. The van der Waals surface area contributed by atoms with E-state index in [4.69, 9.17) is 0 Å². The summed E-state index contributed by atoms with van der Waals surface area (Å²) < 4.78 is 0. The Kier molecular flexibility index (Phi) is 5.87. The zero-order valence-corrected chi connectivity index (χ0v) is 15.3. The Morgan fingerprint density at radius 1 is 1.08 bits per heavy atom. The van der Waals surface area contributed by atoms with Gasteiger partial charge in [-0.25, -0.2) is 0 Å². The minimum atomic E-state index is 0.0638. The van der Waals surface area contributed by atoms with Gasteiger partial charge in [-0.3, -0.25) is 14.6 Å². The SMILES string of the molecule is CC(=O)N(c1ccccc1)C(C)N1CCCCC1Cc1ccccc1. The van der Waals surface area contributed by atoms with Gasteiger partial charge in [-0.05, 0) is 43.9 Å². The lowest BCUT2D eigenvalue weighted by Gasteiger charge is -2.44. The van der Waals surface area contributed by atoms with E-state index in [0.29, 0.717) is 6.04 Å². The predicted octanol–water partition coefficient (Wildman–Crippen LogP) is 4.48. The first kappa shape index (κ1) is 17.7. The molecule has 1 saturated heterocycles. The zero-order valence-electron chi connectivity index (χ0n) is 15.3. The molecule has 0 spiro atoms. The topological polar surface area (TPSA) is 23.6 Å². The molecule has 0 N–H and O–H groups in total. The number of carbonyl (C=O) groups is 1. The summed E-state index contributed by atoms with van der Waals surface area (Å²) in [5.74, 6) is 0.0998. The first-order chi connectivity index (χ1) is 12.2. The summed E-state index contributed by atoms with van der Waals surface area (Å²) in [6, 6.07) is 21.2. The van der Waals surface area contributed by atoms with Crippen molar-refractivity contribution in [2.45, 2.75) is 51.7 Å². The van der Waals surface area contributed by atoms with Gasteiger partial charge in [0.25, 0.3) is 0 Å². The Labute approximate surface area is 151 Å². The van der Waals surface area contributed by atoms with Crippen LogP contribution in [0.4, 0.5) is 5.69 Å². The summed E-state index contributed by atoms with van der Waals surface area (Å²) in [5, 5.41) is 0. The number of piperidine rings is 1. The average molecular weight is 336 g/mol. The van der Waals surface area contributed by atoms with Crippen LogP contribution < -0.4 is 4.90 Å². The molecule has 3 heteroatoms. The van der Waals surface area contributed by atoms with Gasteiger partial charge in [0.1, 0.15) is 0 Å². The molecule has 3 nitrogen and oxygen atoms in total. The van der Waals surface area contributed by atoms with E-state index in [9.17, 15) is 4.79 Å². The molecule has 25 heavy (non-hydrogen) atoms. The number of amides is 1. The smallest absolute Gasteiger partial charge is 0.225 e. The van der Waals surface area contributed by atoms with Crippen LogP contribution in [0.15, 0.2) is 60.7 Å². The van der Waals surface area contributed by atoms with Crippen molar-refractivity contribution in [3.8, 4) is 0 Å². The Bertz CT molecular complexity index is 671. The van der Waals surface area contributed by atoms with Crippen molar-refractivity contribution in [1.29, 1.82) is 0 Å². The largest absolute Gasteiger partial charge is 0.297 e. The second-order valence-electron chi connectivity index (χ2n) is 6.93. The number of hydrogen-bond donors (Lipinski definition) is 0. The van der Waals surface area contributed by atoms with E-state index in [0.717, 1.165) is 18.7 Å². The van der Waals surface area contributed by atoms with Crippen molar-refractivity contribution in [3.63, 3.8) is 0 Å². The van der Waals surface area contributed by atoms with E-state index in [2.05, 4.69) is 42.2 Å². The predicted molar refractivity (Wildman–Crippen MR) is 104 cm³/mol. The Morgan fingerprint density at radius 2 is 1.72 bits per heavy atom. The molecule has 2 atom stereocenters. The van der Waals surface area contributed by atoms with E-state index in [-0.39, 0.29) is 12.1 Å². The van der Waals surface area contributed by atoms with Gasteiger partial charge in [0.2, 0.25) is 5.91 Å². The average Bonchev–Trinajstić information content (AvgIpc) is 2.64. The third-order valence-electron chi connectivity index (χ3n) is 5.21. The molecule has 0 aliphatic carbocycles. The monoisotopic (exact) mass is 336 g/mol. The lowest BCUT2D eigenvalue weighted by atomic mass is 9.95. The molecule has 0 saturated carbocycles. The number of para-hydroxylation sites is 1. The quantitative estimate of drug-likeness (QED) is 0.803. The van der Waals surface area contributed by atoms with Crippen molar-refractivity contribution >= 4 is 11.6 Å². The molecule has 2 aromatic carbocycles. The van der Waals surface area contributed by atoms with Crippen LogP contribution in [-0.2, 0) is 11.2 Å². The maximum Gasteiger partial charge on any atom is 0.225 e. The molecule has 1 fully saturated rings. The van der Waals surface area contributed by atoms with Gasteiger partial charge in [-0.15, -0.1) is 0 Å². The summed E-state index contributed by atoms with van der Waals surface area (Å²) in [6.45, 7) is 4.88. The molecule has 2 aromatic rings. The molecule has 3 rings (SSSR count). The molecule has 132 valence electrons. The van der Waals surface area contributed by atoms with Crippen molar-refractivity contribution < 1.29 is 4.79 Å². The molecular formula is C22H28N2O. The van der Waals surface area contributed by atoms with Crippen LogP contribution in [0, 0.1) is 0 Å². The first-order valence-electron chi connectivity index (χ1n) is 9.31. The lowest BCUT2D eigenvalue weighted by molar-refractivity contribution is -0.118. The molecule has 0 aromatic heterocycles. The van der Waals surface area contributed by atoms with Crippen LogP contribution in [0.3, 0.4) is 0 Å². The fourth-order valence-electron chi connectivity index (χ4n) is 4.02. The summed E-state index contributed by atoms with van der Waals surface area (Å²) >= 11 is 0. The number of benzene rings is 2. The number of hydrogen-bond acceptors (Lipinski definition) is 2. The van der Waals surface area contributed by atoms with Gasteiger partial charge < -0.3 is 0 Å². The van der Waals surface area contributed by atoms with Gasteiger partial charge in [0.15, 0.2) is 0 Å². The van der Waals surface area contributed by atoms with Gasteiger partial charge in [0, 0.05) is 25.2 Å². The first-order valence-corrected chi connectivity index (χ1v) is 9.31. The third kappa shape index (κ3) is 4.29. The molecular weight excluding hydrogens is 308 g/mol. The van der Waals surface area contributed by atoms with Crippen molar-refractivity contribution in [3.05, 3.63) is 66.2 Å². The minimum Gasteiger partial charge on any atom is -0.297 e. The van der Waals surface area contributed by atoms with Crippen LogP contribution >= 0.6 is 0 Å². The van der Waals surface area contributed by atoms with Crippen LogP contribution in [0.1, 0.15) is 38.7 Å². The maximum absolute atomic E-state index is 12.4. The van der Waals surface area contributed by atoms with Crippen LogP contribution in [-0.4, -0.2) is 29.6 Å². The normalized spacial score (nSPS) is 19.4. The number of carbonyl (C=O) groups excluding carboxylic acids is 1. The van der Waals surface area contributed by atoms with Crippen molar-refractivity contribution in [2.24, 2.45) is 0 Å². The maximum atomic E-state index is 12.4. The summed E-state index contributed by atoms with van der Waals surface area (Å²) in [7, 11) is 0. The highest BCUT2D eigenvalue weighted by Gasteiger charge is 2.31. The molecule has 2 unspecified atom stereocenters. The Hall–Kier alpha value is -2.13. The highest BCUT2D eigenvalue weighted by Crippen LogP contribution is 2.27. The lowest BCUT2D eigenvalue weighted by Crippen LogP contribution is -2.55. The van der Waals surface area contributed by atoms with E-state index >= 15 is 0 Å². The Morgan fingerprint density at radius 3 is 2.36 bits per heavy atom. The fourth-order valence-corrected chi connectivity index (χ4v) is 4.02. The summed E-state index contributed by atoms with van der Waals surface area (Å²) in [4.78, 5) is 16.8. The van der Waals surface area contributed by atoms with Gasteiger partial charge in [-0.1, -0.05) is 55.0 Å². The van der Waals surface area contributed by atoms with Gasteiger partial charge in [0.05, 0.1) is 6.17 Å². The van der Waals surface area contributed by atoms with Crippen LogP contribution in [0.5, 0.6) is 0 Å². The second kappa shape index (κ2) is 8.30. The van der Waals surface area contributed by atoms with Crippen molar-refractivity contribution in [1.82, 2.24) is 4.90 Å². The molecule has 1 aliphatic heterocycles. The summed E-state index contributed by atoms with van der Waals surface area (Å²) in [6.07, 6.45) is 4.78. The molecule has 0 radical (unpaired) electrons. The van der Waals surface area contributed by atoms with Crippen LogP contribution in [0.25, 0.3) is 0 Å². The van der Waals surface area contributed by atoms with E-state index in [1.807, 2.05) is 35.2 Å². The van der Waals surface area contributed by atoms with E-state index < -0.39 is 0 Å². The number of likely N-dealkylation sites (tertiary alicyclic amines) is 1. The molecule has 1 heterocycles. The van der Waals surface area contributed by atoms with Gasteiger partial charge in [-0.2, -0.15) is 0 Å². The fraction of sp³-hybridized carbons (Fsp3) is 0.409. The number of rotatable bonds is 5. The zero-order chi connectivity index (χ0) is 17.6. The third-order valence-corrected chi connectivity index (χ3v) is 5.21. The Balaban J connectivity index is 1.81. The van der Waals surface area contributed by atoms with E-state index in [1.54, 1.807) is 6.92 Å². The summed E-state index contributed by atoms with van der Waals surface area (Å²) in [5.41, 5.74) is 2.35. The molecule has 0 bridgehead atoms. The number of anilines is 1. The van der Waals surface area contributed by atoms with E-state index in [1.165, 1.54) is 24.8 Å². The minimum absolute atomic E-state index is 0.0638. The van der Waals surface area contributed by atoms with Crippen LogP contribution in [0.2, 0.25) is 0 Å². The van der Waals surface area contributed by atoms with Crippen molar-refractivity contribution in [2.75, 3.05) is 11.4 Å². The highest BCUT2D eigenvalue weighted by atomic mass is 16.2. The standard InChI is InChI=1S/C22H28N2O/c1-18(24(19(2)25)21-13-7-4-8-14-21)23-16-10-9-15-22(23)17-20-11-5-3-6-12-20/h3-8,11-14,18,22H,9-10,15-17H2,1-2H3. The molecule has 1 aliphatic rings.